The van der Waals surface area contributed by atoms with Gasteiger partial charge < -0.3 is 14.5 Å². The third kappa shape index (κ3) is 5.67. The highest BCUT2D eigenvalue weighted by molar-refractivity contribution is 5.84. The lowest BCUT2D eigenvalue weighted by Gasteiger charge is -2.22. The van der Waals surface area contributed by atoms with Crippen molar-refractivity contribution in [1.29, 1.82) is 0 Å². The summed E-state index contributed by atoms with van der Waals surface area (Å²) in [7, 11) is 0. The Balaban J connectivity index is 1.97. The zero-order valence-electron chi connectivity index (χ0n) is 16.5. The van der Waals surface area contributed by atoms with Gasteiger partial charge in [0.1, 0.15) is 6.04 Å². The average molecular weight is 372 g/mol. The molecule has 1 aromatic heterocycles. The van der Waals surface area contributed by atoms with Gasteiger partial charge in [-0.2, -0.15) is 0 Å². The van der Waals surface area contributed by atoms with Gasteiger partial charge >= 0.3 is 5.97 Å². The molecule has 6 nitrogen and oxygen atoms in total. The van der Waals surface area contributed by atoms with Crippen molar-refractivity contribution in [1.82, 2.24) is 10.3 Å². The number of nitrogens with one attached hydrogen (secondary N) is 1. The van der Waals surface area contributed by atoms with E-state index in [0.29, 0.717) is 18.9 Å². The Bertz CT molecular complexity index is 755. The smallest absolute Gasteiger partial charge is 0.328 e. The number of esters is 1. The summed E-state index contributed by atoms with van der Waals surface area (Å²) in [6.07, 6.45) is 1.33. The fraction of sp³-hybridized carbons (Fsp3) is 0.476. The van der Waals surface area contributed by atoms with Gasteiger partial charge in [0.25, 0.3) is 0 Å². The van der Waals surface area contributed by atoms with E-state index in [1.165, 1.54) is 0 Å². The fourth-order valence-corrected chi connectivity index (χ4v) is 2.78. The largest absolute Gasteiger partial charge is 0.464 e. The van der Waals surface area contributed by atoms with Crippen molar-refractivity contribution in [2.45, 2.75) is 53.0 Å². The highest BCUT2D eigenvalue weighted by Crippen LogP contribution is 2.24. The van der Waals surface area contributed by atoms with E-state index in [0.717, 1.165) is 23.4 Å². The van der Waals surface area contributed by atoms with Crippen LogP contribution >= 0.6 is 0 Å². The Morgan fingerprint density at radius 3 is 2.56 bits per heavy atom. The summed E-state index contributed by atoms with van der Waals surface area (Å²) in [5, 5.41) is 2.79. The number of ether oxygens (including phenoxy) is 1. The number of benzene rings is 1. The Kier molecular flexibility index (Phi) is 7.58. The van der Waals surface area contributed by atoms with E-state index >= 15 is 0 Å². The fourth-order valence-electron chi connectivity index (χ4n) is 2.78. The highest BCUT2D eigenvalue weighted by Gasteiger charge is 2.27. The number of carbonyl (C=O) groups is 2. The van der Waals surface area contributed by atoms with Gasteiger partial charge in [0.15, 0.2) is 11.7 Å². The summed E-state index contributed by atoms with van der Waals surface area (Å²) in [5.74, 6) is 0.624. The lowest BCUT2D eigenvalue weighted by Crippen LogP contribution is -2.46. The molecule has 27 heavy (non-hydrogen) atoms. The van der Waals surface area contributed by atoms with Gasteiger partial charge in [-0.3, -0.25) is 4.79 Å². The van der Waals surface area contributed by atoms with Gasteiger partial charge in [-0.15, -0.1) is 0 Å². The second kappa shape index (κ2) is 9.90. The maximum Gasteiger partial charge on any atom is 0.328 e. The standard InChI is InChI=1S/C21H28N2O4/c1-5-14(3)19(21(25)26-6-2)23-17(24)12-13-18-22-15(4)20(27-18)16-10-8-7-9-11-16/h7-11,14,19H,5-6,12-13H2,1-4H3,(H,23,24)/t14-,19-/m0/s1. The van der Waals surface area contributed by atoms with Gasteiger partial charge in [-0.05, 0) is 19.8 Å². The molecule has 0 saturated carbocycles. The minimum absolute atomic E-state index is 0.00154. The summed E-state index contributed by atoms with van der Waals surface area (Å²) >= 11 is 0. The number of amides is 1. The zero-order chi connectivity index (χ0) is 19.8. The highest BCUT2D eigenvalue weighted by atomic mass is 16.5. The molecule has 0 aliphatic rings. The van der Waals surface area contributed by atoms with Crippen LogP contribution in [0.3, 0.4) is 0 Å². The Morgan fingerprint density at radius 1 is 1.22 bits per heavy atom. The van der Waals surface area contributed by atoms with Crippen LogP contribution in [0.4, 0.5) is 0 Å². The van der Waals surface area contributed by atoms with E-state index < -0.39 is 12.0 Å². The first-order valence-electron chi connectivity index (χ1n) is 9.43. The van der Waals surface area contributed by atoms with Crippen molar-refractivity contribution in [3.05, 3.63) is 41.9 Å². The first-order chi connectivity index (χ1) is 13.0. The zero-order valence-corrected chi connectivity index (χ0v) is 16.5. The molecule has 0 bridgehead atoms. The minimum Gasteiger partial charge on any atom is -0.464 e. The second-order valence-corrected chi connectivity index (χ2v) is 6.57. The van der Waals surface area contributed by atoms with Crippen molar-refractivity contribution >= 4 is 11.9 Å². The van der Waals surface area contributed by atoms with Gasteiger partial charge in [-0.25, -0.2) is 9.78 Å². The number of oxazole rings is 1. The van der Waals surface area contributed by atoms with Gasteiger partial charge in [-0.1, -0.05) is 50.6 Å². The quantitative estimate of drug-likeness (QED) is 0.679. The average Bonchev–Trinajstić information content (AvgIpc) is 3.05. The molecule has 146 valence electrons. The van der Waals surface area contributed by atoms with E-state index in [1.54, 1.807) is 6.92 Å². The number of hydrogen-bond acceptors (Lipinski definition) is 5. The maximum absolute atomic E-state index is 12.3. The van der Waals surface area contributed by atoms with Crippen LogP contribution in [0.1, 0.15) is 45.2 Å². The molecular weight excluding hydrogens is 344 g/mol. The summed E-state index contributed by atoms with van der Waals surface area (Å²) < 4.78 is 10.9. The summed E-state index contributed by atoms with van der Waals surface area (Å²) in [4.78, 5) is 28.8. The Hall–Kier alpha value is -2.63. The summed E-state index contributed by atoms with van der Waals surface area (Å²) in [6, 6.07) is 9.11. The summed E-state index contributed by atoms with van der Waals surface area (Å²) in [6.45, 7) is 7.83. The number of aryl methyl sites for hydroxylation is 2. The third-order valence-corrected chi connectivity index (χ3v) is 4.51. The molecule has 0 radical (unpaired) electrons. The molecule has 1 aromatic carbocycles. The number of rotatable bonds is 9. The topological polar surface area (TPSA) is 81.4 Å². The Labute approximate surface area is 160 Å². The molecule has 0 spiro atoms. The van der Waals surface area contributed by atoms with Crippen molar-refractivity contribution in [3.8, 4) is 11.3 Å². The van der Waals surface area contributed by atoms with Crippen LogP contribution in [0, 0.1) is 12.8 Å². The SMILES string of the molecule is CCOC(=O)[C@@H](NC(=O)CCc1nc(C)c(-c2ccccc2)o1)[C@@H](C)CC. The second-order valence-electron chi connectivity index (χ2n) is 6.57. The van der Waals surface area contributed by atoms with Crippen molar-refractivity contribution < 1.29 is 18.7 Å². The number of hydrogen-bond donors (Lipinski definition) is 1. The van der Waals surface area contributed by atoms with Crippen LogP contribution in [0.25, 0.3) is 11.3 Å². The van der Waals surface area contributed by atoms with Crippen LogP contribution < -0.4 is 5.32 Å². The first kappa shape index (κ1) is 20.7. The molecular formula is C21H28N2O4. The molecule has 0 unspecified atom stereocenters. The number of aromatic nitrogens is 1. The van der Waals surface area contributed by atoms with Crippen LogP contribution in [-0.2, 0) is 20.7 Å². The molecule has 1 amide bonds. The summed E-state index contributed by atoms with van der Waals surface area (Å²) in [5.41, 5.74) is 1.75. The van der Waals surface area contributed by atoms with Crippen LogP contribution in [0.2, 0.25) is 0 Å². The van der Waals surface area contributed by atoms with Crippen molar-refractivity contribution in [3.63, 3.8) is 0 Å². The van der Waals surface area contributed by atoms with E-state index in [2.05, 4.69) is 10.3 Å². The van der Waals surface area contributed by atoms with E-state index in [-0.39, 0.29) is 18.2 Å². The molecule has 1 N–H and O–H groups in total. The molecule has 0 aliphatic heterocycles. The minimum atomic E-state index is -0.631. The molecule has 2 aromatic rings. The van der Waals surface area contributed by atoms with Crippen LogP contribution in [0.15, 0.2) is 34.7 Å². The van der Waals surface area contributed by atoms with Gasteiger partial charge in [0.2, 0.25) is 5.91 Å². The van der Waals surface area contributed by atoms with Crippen LogP contribution in [-0.4, -0.2) is 29.5 Å². The van der Waals surface area contributed by atoms with E-state index in [9.17, 15) is 9.59 Å². The van der Waals surface area contributed by atoms with E-state index in [4.69, 9.17) is 9.15 Å². The van der Waals surface area contributed by atoms with Gasteiger partial charge in [0.05, 0.1) is 12.3 Å². The van der Waals surface area contributed by atoms with Crippen molar-refractivity contribution in [2.75, 3.05) is 6.61 Å². The number of nitrogens with zero attached hydrogens (tertiary/aromatic N) is 1. The molecule has 0 fully saturated rings. The lowest BCUT2D eigenvalue weighted by atomic mass is 9.99. The molecule has 2 rings (SSSR count). The molecule has 0 aliphatic carbocycles. The van der Waals surface area contributed by atoms with E-state index in [1.807, 2.05) is 51.1 Å². The normalized spacial score (nSPS) is 13.0. The van der Waals surface area contributed by atoms with Gasteiger partial charge in [0, 0.05) is 18.4 Å². The monoisotopic (exact) mass is 372 g/mol. The molecule has 2 atom stereocenters. The maximum atomic E-state index is 12.3. The number of carbonyl (C=O) groups excluding carboxylic acids is 2. The first-order valence-corrected chi connectivity index (χ1v) is 9.43. The predicted molar refractivity (Wildman–Crippen MR) is 103 cm³/mol. The predicted octanol–water partition coefficient (Wildman–Crippen LogP) is 3.68. The molecule has 1 heterocycles. The third-order valence-electron chi connectivity index (χ3n) is 4.51. The Morgan fingerprint density at radius 2 is 1.93 bits per heavy atom. The van der Waals surface area contributed by atoms with Crippen molar-refractivity contribution in [2.24, 2.45) is 5.92 Å². The lowest BCUT2D eigenvalue weighted by molar-refractivity contribution is -0.149. The molecule has 0 saturated heterocycles. The molecule has 6 heteroatoms. The van der Waals surface area contributed by atoms with Crippen LogP contribution in [0.5, 0.6) is 0 Å².